The summed E-state index contributed by atoms with van der Waals surface area (Å²) >= 11 is 0. The van der Waals surface area contributed by atoms with Gasteiger partial charge in [0, 0.05) is 12.2 Å². The zero-order chi connectivity index (χ0) is 13.3. The molecule has 0 aromatic heterocycles. The van der Waals surface area contributed by atoms with Crippen molar-refractivity contribution in [1.29, 1.82) is 0 Å². The van der Waals surface area contributed by atoms with Crippen molar-refractivity contribution in [1.82, 2.24) is 4.90 Å². The monoisotopic (exact) mass is 252 g/mol. The molecule has 0 bridgehead atoms. The van der Waals surface area contributed by atoms with Gasteiger partial charge in [0.1, 0.15) is 5.82 Å². The maximum absolute atomic E-state index is 14.0. The number of amides is 1. The lowest BCUT2D eigenvalue weighted by molar-refractivity contribution is 0.00334. The number of anilines is 1. The molecule has 5 heteroatoms. The van der Waals surface area contributed by atoms with E-state index in [0.717, 1.165) is 0 Å². The predicted octanol–water partition coefficient (Wildman–Crippen LogP) is 1.58. The Bertz CT molecular complexity index is 476. The highest BCUT2D eigenvalue weighted by Gasteiger charge is 2.27. The Labute approximate surface area is 106 Å². The van der Waals surface area contributed by atoms with Crippen molar-refractivity contribution in [3.8, 4) is 0 Å². The first-order chi connectivity index (χ1) is 8.50. The van der Waals surface area contributed by atoms with Gasteiger partial charge in [-0.25, -0.2) is 4.39 Å². The van der Waals surface area contributed by atoms with Crippen molar-refractivity contribution in [2.24, 2.45) is 0 Å². The third-order valence-corrected chi connectivity index (χ3v) is 3.14. The molecule has 1 amide bonds. The van der Waals surface area contributed by atoms with Crippen LogP contribution in [0.3, 0.4) is 0 Å². The second-order valence-corrected chi connectivity index (χ2v) is 4.62. The molecule has 0 aliphatic carbocycles. The molecule has 1 saturated heterocycles. The van der Waals surface area contributed by atoms with Crippen LogP contribution in [-0.2, 0) is 4.74 Å². The summed E-state index contributed by atoms with van der Waals surface area (Å²) in [5.74, 6) is -0.813. The van der Waals surface area contributed by atoms with Crippen LogP contribution in [0.15, 0.2) is 12.1 Å². The van der Waals surface area contributed by atoms with E-state index >= 15 is 0 Å². The molecule has 0 spiro atoms. The molecule has 1 aliphatic heterocycles. The van der Waals surface area contributed by atoms with E-state index in [4.69, 9.17) is 10.5 Å². The standard InChI is InChI=1S/C13H17FN2O2/c1-8-5-10(15)6-11(12(8)14)13(17)16-3-4-18-7-9(16)2/h5-6,9H,3-4,7,15H2,1-2H3. The molecular formula is C13H17FN2O2. The Morgan fingerprint density at radius 1 is 1.56 bits per heavy atom. The van der Waals surface area contributed by atoms with Gasteiger partial charge in [0.15, 0.2) is 0 Å². The minimum absolute atomic E-state index is 0.0428. The largest absolute Gasteiger partial charge is 0.399 e. The molecule has 1 fully saturated rings. The second kappa shape index (κ2) is 4.94. The van der Waals surface area contributed by atoms with Crippen LogP contribution in [0.25, 0.3) is 0 Å². The van der Waals surface area contributed by atoms with Gasteiger partial charge in [-0.15, -0.1) is 0 Å². The van der Waals surface area contributed by atoms with E-state index in [1.54, 1.807) is 11.8 Å². The molecule has 4 nitrogen and oxygen atoms in total. The Morgan fingerprint density at radius 3 is 2.94 bits per heavy atom. The molecule has 0 saturated carbocycles. The Kier molecular flexibility index (Phi) is 3.52. The zero-order valence-electron chi connectivity index (χ0n) is 10.6. The topological polar surface area (TPSA) is 55.6 Å². The van der Waals surface area contributed by atoms with Gasteiger partial charge in [0.25, 0.3) is 5.91 Å². The van der Waals surface area contributed by atoms with Gasteiger partial charge in [0.2, 0.25) is 0 Å². The van der Waals surface area contributed by atoms with Gasteiger partial charge in [0.05, 0.1) is 24.8 Å². The van der Waals surface area contributed by atoms with Crippen molar-refractivity contribution < 1.29 is 13.9 Å². The van der Waals surface area contributed by atoms with Gasteiger partial charge >= 0.3 is 0 Å². The van der Waals surface area contributed by atoms with E-state index in [1.807, 2.05) is 6.92 Å². The molecule has 0 radical (unpaired) electrons. The number of nitrogens with zero attached hydrogens (tertiary/aromatic N) is 1. The number of halogens is 1. The predicted molar refractivity (Wildman–Crippen MR) is 66.9 cm³/mol. The maximum atomic E-state index is 14.0. The molecule has 2 N–H and O–H groups in total. The van der Waals surface area contributed by atoms with E-state index < -0.39 is 5.82 Å². The number of morpholine rings is 1. The number of benzene rings is 1. The second-order valence-electron chi connectivity index (χ2n) is 4.62. The zero-order valence-corrected chi connectivity index (χ0v) is 10.6. The average molecular weight is 252 g/mol. The summed E-state index contributed by atoms with van der Waals surface area (Å²) in [4.78, 5) is 13.9. The Hall–Kier alpha value is -1.62. The lowest BCUT2D eigenvalue weighted by Gasteiger charge is -2.33. The molecular weight excluding hydrogens is 235 g/mol. The first kappa shape index (κ1) is 12.8. The summed E-state index contributed by atoms with van der Waals surface area (Å²) < 4.78 is 19.2. The molecule has 18 heavy (non-hydrogen) atoms. The molecule has 1 heterocycles. The number of hydrogen-bond donors (Lipinski definition) is 1. The van der Waals surface area contributed by atoms with E-state index in [-0.39, 0.29) is 17.5 Å². The maximum Gasteiger partial charge on any atom is 0.257 e. The lowest BCUT2D eigenvalue weighted by Crippen LogP contribution is -2.47. The van der Waals surface area contributed by atoms with E-state index in [2.05, 4.69) is 0 Å². The summed E-state index contributed by atoms with van der Waals surface area (Å²) in [5, 5.41) is 0. The number of aryl methyl sites for hydroxylation is 1. The van der Waals surface area contributed by atoms with Crippen LogP contribution < -0.4 is 5.73 Å². The number of carbonyl (C=O) groups excluding carboxylic acids is 1. The third-order valence-electron chi connectivity index (χ3n) is 3.14. The number of carbonyl (C=O) groups is 1. The molecule has 98 valence electrons. The van der Waals surface area contributed by atoms with Crippen molar-refractivity contribution in [3.05, 3.63) is 29.1 Å². The van der Waals surface area contributed by atoms with Crippen molar-refractivity contribution in [2.75, 3.05) is 25.5 Å². The molecule has 1 atom stereocenters. The van der Waals surface area contributed by atoms with Gasteiger partial charge < -0.3 is 15.4 Å². The van der Waals surface area contributed by atoms with Gasteiger partial charge in [-0.1, -0.05) is 0 Å². The fourth-order valence-electron chi connectivity index (χ4n) is 2.14. The SMILES string of the molecule is Cc1cc(N)cc(C(=O)N2CCOCC2C)c1F. The fourth-order valence-corrected chi connectivity index (χ4v) is 2.14. The normalized spacial score (nSPS) is 19.9. The summed E-state index contributed by atoms with van der Waals surface area (Å²) in [6.07, 6.45) is 0. The summed E-state index contributed by atoms with van der Waals surface area (Å²) in [6, 6.07) is 2.87. The molecule has 1 aliphatic rings. The first-order valence-corrected chi connectivity index (χ1v) is 5.95. The average Bonchev–Trinajstić information content (AvgIpc) is 2.33. The van der Waals surface area contributed by atoms with Crippen LogP contribution in [-0.4, -0.2) is 36.6 Å². The van der Waals surface area contributed by atoms with E-state index in [1.165, 1.54) is 12.1 Å². The highest BCUT2D eigenvalue weighted by atomic mass is 19.1. The van der Waals surface area contributed by atoms with Gasteiger partial charge in [-0.2, -0.15) is 0 Å². The number of nitrogen functional groups attached to an aromatic ring is 1. The summed E-state index contributed by atoms with van der Waals surface area (Å²) in [5.41, 5.74) is 6.50. The van der Waals surface area contributed by atoms with Crippen molar-refractivity contribution in [2.45, 2.75) is 19.9 Å². The van der Waals surface area contributed by atoms with E-state index in [0.29, 0.717) is 31.0 Å². The minimum atomic E-state index is -0.493. The molecule has 1 aromatic carbocycles. The Morgan fingerprint density at radius 2 is 2.28 bits per heavy atom. The van der Waals surface area contributed by atoms with Crippen LogP contribution in [0.2, 0.25) is 0 Å². The van der Waals surface area contributed by atoms with Gasteiger partial charge in [-0.05, 0) is 31.5 Å². The first-order valence-electron chi connectivity index (χ1n) is 5.95. The van der Waals surface area contributed by atoms with Crippen LogP contribution in [0.4, 0.5) is 10.1 Å². The smallest absolute Gasteiger partial charge is 0.257 e. The van der Waals surface area contributed by atoms with Crippen LogP contribution in [0.1, 0.15) is 22.8 Å². The molecule has 1 aromatic rings. The molecule has 2 rings (SSSR count). The Balaban J connectivity index is 2.33. The van der Waals surface area contributed by atoms with Crippen molar-refractivity contribution >= 4 is 11.6 Å². The number of nitrogens with two attached hydrogens (primary N) is 1. The highest BCUT2D eigenvalue weighted by molar-refractivity contribution is 5.95. The lowest BCUT2D eigenvalue weighted by atomic mass is 10.1. The summed E-state index contributed by atoms with van der Waals surface area (Å²) in [6.45, 7) is 4.93. The van der Waals surface area contributed by atoms with Crippen LogP contribution >= 0.6 is 0 Å². The fraction of sp³-hybridized carbons (Fsp3) is 0.462. The van der Waals surface area contributed by atoms with Crippen LogP contribution in [0, 0.1) is 12.7 Å². The minimum Gasteiger partial charge on any atom is -0.399 e. The number of ether oxygens (including phenoxy) is 1. The number of rotatable bonds is 1. The third kappa shape index (κ3) is 2.31. The van der Waals surface area contributed by atoms with Crippen LogP contribution in [0.5, 0.6) is 0 Å². The summed E-state index contributed by atoms with van der Waals surface area (Å²) in [7, 11) is 0. The van der Waals surface area contributed by atoms with E-state index in [9.17, 15) is 9.18 Å². The highest BCUT2D eigenvalue weighted by Crippen LogP contribution is 2.20. The quantitative estimate of drug-likeness (QED) is 0.772. The van der Waals surface area contributed by atoms with Crippen molar-refractivity contribution in [3.63, 3.8) is 0 Å². The number of hydrogen-bond acceptors (Lipinski definition) is 3. The molecule has 1 unspecified atom stereocenters. The van der Waals surface area contributed by atoms with Gasteiger partial charge in [-0.3, -0.25) is 4.79 Å².